The summed E-state index contributed by atoms with van der Waals surface area (Å²) in [5.74, 6) is -10.1. The summed E-state index contributed by atoms with van der Waals surface area (Å²) in [4.78, 5) is 106. The summed E-state index contributed by atoms with van der Waals surface area (Å²) < 4.78 is 0. The van der Waals surface area contributed by atoms with E-state index in [0.717, 1.165) is 0 Å². The van der Waals surface area contributed by atoms with Crippen molar-refractivity contribution in [3.05, 3.63) is 0 Å². The molecule has 0 aromatic heterocycles. The first-order valence-corrected chi connectivity index (χ1v) is 5.60. The summed E-state index contributed by atoms with van der Waals surface area (Å²) in [6.07, 6.45) is -1.67. The van der Waals surface area contributed by atoms with Gasteiger partial charge in [0, 0.05) is 0 Å². The predicted molar refractivity (Wildman–Crippen MR) is 66.4 cm³/mol. The monoisotopic (exact) mass is 676 g/mol. The summed E-state index contributed by atoms with van der Waals surface area (Å²) in [6, 6.07) is 0. The zero-order valence-electron chi connectivity index (χ0n) is 14.3. The van der Waals surface area contributed by atoms with Crippen LogP contribution < -0.4 is 30.6 Å². The molecule has 18 nitrogen and oxygen atoms in total. The number of carboxylic acids is 6. The summed E-state index contributed by atoms with van der Waals surface area (Å²) in [5, 5.41) is 53.3. The van der Waals surface area contributed by atoms with Gasteiger partial charge in [0.25, 0.3) is 0 Å². The van der Waals surface area contributed by atoms with Gasteiger partial charge >= 0.3 is 31.1 Å². The fourth-order valence-corrected chi connectivity index (χ4v) is 0. The second kappa shape index (κ2) is 40.5. The first-order chi connectivity index (χ1) is 13.6. The Morgan fingerprint density at radius 1 is 0.323 bits per heavy atom. The van der Waals surface area contributed by atoms with Gasteiger partial charge in [-0.05, 0) is 0 Å². The van der Waals surface area contributed by atoms with Crippen molar-refractivity contribution in [3.8, 4) is 0 Å². The van der Waals surface area contributed by atoms with Crippen molar-refractivity contribution in [2.24, 2.45) is 0 Å². The molecule has 0 saturated carbocycles. The summed E-state index contributed by atoms with van der Waals surface area (Å²) in [6.45, 7) is 0. The molecule has 0 spiro atoms. The van der Waals surface area contributed by atoms with E-state index in [9.17, 15) is 0 Å². The van der Waals surface area contributed by atoms with Gasteiger partial charge in [-0.2, -0.15) is 0 Å². The van der Waals surface area contributed by atoms with Crippen LogP contribution >= 0.6 is 0 Å². The molecule has 0 bridgehead atoms. The number of hydrogen-bond donors (Lipinski definition) is 0. The van der Waals surface area contributed by atoms with Crippen molar-refractivity contribution in [1.29, 1.82) is 0 Å². The quantitative estimate of drug-likeness (QED) is 0.186. The minimum absolute atomic E-state index is 0. The Kier molecular flexibility index (Phi) is 59.6. The van der Waals surface area contributed by atoms with Crippen LogP contribution in [0.5, 0.6) is 0 Å². The van der Waals surface area contributed by atoms with Crippen molar-refractivity contribution in [2.75, 3.05) is 0 Å². The van der Waals surface area contributed by atoms with E-state index in [-0.39, 0.29) is 68.8 Å². The van der Waals surface area contributed by atoms with E-state index in [1.165, 1.54) is 0 Å². The molecule has 31 heavy (non-hydrogen) atoms. The third-order valence-electron chi connectivity index (χ3n) is 0.577. The molecule has 0 aromatic carbocycles. The number of carbonyl (C=O) groups is 12. The maximum atomic E-state index is 8.89. The largest absolute Gasteiger partial charge is 6.00 e. The molecule has 0 saturated heterocycles. The second-order valence-corrected chi connectivity index (χ2v) is 2.62. The van der Waals surface area contributed by atoms with E-state index < -0.39 is 35.8 Å². The number of carbonyl (C=O) groups excluding carboxylic acids is 12. The van der Waals surface area contributed by atoms with Gasteiger partial charge in [0.1, 0.15) is 35.8 Å². The van der Waals surface area contributed by atoms with Gasteiger partial charge in [0.2, 0.25) is 0 Å². The zero-order chi connectivity index (χ0) is 25.7. The van der Waals surface area contributed by atoms with Crippen LogP contribution in [0.3, 0.4) is 0 Å². The molecule has 0 heterocycles. The average Bonchev–Trinajstić information content (AvgIpc) is 2.69. The normalized spacial score (nSPS) is 6.19. The van der Waals surface area contributed by atoms with E-state index in [4.69, 9.17) is 88.2 Å². The minimum atomic E-state index is -1.68. The Morgan fingerprint density at radius 3 is 0.355 bits per heavy atom. The third kappa shape index (κ3) is 237. The van der Waals surface area contributed by atoms with Gasteiger partial charge in [0.15, 0.2) is 37.7 Å². The molecule has 0 atom stereocenters. The second-order valence-electron chi connectivity index (χ2n) is 2.62. The van der Waals surface area contributed by atoms with Gasteiger partial charge in [-0.1, -0.05) is 0 Å². The van der Waals surface area contributed by atoms with E-state index >= 15 is 0 Å². The Balaban J connectivity index is -0.0000000443. The number of hydrogen-bond acceptors (Lipinski definition) is 18. The van der Waals surface area contributed by atoms with Crippen LogP contribution in [0.4, 0.5) is 0 Å². The molecule has 19 heteroatoms. The molecule has 0 aliphatic carbocycles. The Bertz CT molecular complexity index is 481. The topological polar surface area (TPSA) is 343 Å². The fourth-order valence-electron chi connectivity index (χ4n) is 0. The molecule has 0 unspecified atom stereocenters. The van der Waals surface area contributed by atoms with Crippen molar-refractivity contribution in [3.63, 3.8) is 0 Å². The summed E-state index contributed by atoms with van der Waals surface area (Å²) >= 11 is 0. The number of aldehydes is 6. The number of rotatable bonds is 6. The molecule has 0 rings (SSSR count). The molecular weight excluding hydrogens is 670 g/mol. The van der Waals surface area contributed by atoms with Gasteiger partial charge < -0.3 is 59.4 Å². The molecule has 0 fully saturated rings. The predicted octanol–water partition coefficient (Wildman–Crippen LogP) is -12.4. The Morgan fingerprint density at radius 2 is 0.355 bits per heavy atom. The standard InChI is InChI=1S/6C2H2O3.U/c6*3-1-2(4)5;/h6*1H,(H,4,5);/q;;;;;;+6/p-6. The first kappa shape index (κ1) is 45.6. The molecule has 0 radical (unpaired) electrons. The number of aliphatic carboxylic acids is 6. The van der Waals surface area contributed by atoms with Crippen molar-refractivity contribution in [1.82, 2.24) is 0 Å². The van der Waals surface area contributed by atoms with Gasteiger partial charge in [0.05, 0.1) is 0 Å². The van der Waals surface area contributed by atoms with E-state index in [2.05, 4.69) is 0 Å². The van der Waals surface area contributed by atoms with Crippen LogP contribution in [0.1, 0.15) is 0 Å². The molecule has 0 aromatic rings. The summed E-state index contributed by atoms with van der Waals surface area (Å²) in [7, 11) is 0. The molecule has 0 aliphatic heterocycles. The van der Waals surface area contributed by atoms with Gasteiger partial charge in [-0.25, -0.2) is 0 Å². The van der Waals surface area contributed by atoms with Crippen LogP contribution in [0.15, 0.2) is 0 Å². The van der Waals surface area contributed by atoms with Gasteiger partial charge in [-0.3, -0.25) is 28.8 Å². The third-order valence-corrected chi connectivity index (χ3v) is 0.577. The minimum Gasteiger partial charge on any atom is -0.542 e. The smallest absolute Gasteiger partial charge is 0.542 e. The van der Waals surface area contributed by atoms with Gasteiger partial charge in [-0.15, -0.1) is 0 Å². The van der Waals surface area contributed by atoms with Crippen LogP contribution in [-0.2, 0) is 57.5 Å². The maximum Gasteiger partial charge on any atom is 6.00 e. The maximum absolute atomic E-state index is 8.89. The zero-order valence-corrected chi connectivity index (χ0v) is 18.5. The molecule has 0 aliphatic rings. The van der Waals surface area contributed by atoms with Crippen molar-refractivity contribution >= 4 is 73.5 Å². The van der Waals surface area contributed by atoms with E-state index in [1.807, 2.05) is 0 Å². The van der Waals surface area contributed by atoms with Crippen LogP contribution in [0, 0.1) is 31.1 Å². The average molecular weight is 676 g/mol. The molecule has 166 valence electrons. The SMILES string of the molecule is O=CC(=O)[O-].O=CC(=O)[O-].O=CC(=O)[O-].O=CC(=O)[O-].O=CC(=O)[O-].O=CC(=O)[O-].[U+6]. The van der Waals surface area contributed by atoms with Crippen molar-refractivity contribution < 1.29 is 119 Å². The first-order valence-electron chi connectivity index (χ1n) is 5.60. The Labute approximate surface area is 192 Å². The number of carboxylic acid groups (broad SMARTS) is 6. The van der Waals surface area contributed by atoms with Crippen molar-refractivity contribution in [2.45, 2.75) is 0 Å². The van der Waals surface area contributed by atoms with Crippen LogP contribution in [0.25, 0.3) is 0 Å². The fraction of sp³-hybridized carbons (Fsp3) is 0. The van der Waals surface area contributed by atoms with E-state index in [1.54, 1.807) is 0 Å². The van der Waals surface area contributed by atoms with Crippen LogP contribution in [0.2, 0.25) is 0 Å². The molecule has 0 N–H and O–H groups in total. The Hall–Kier alpha value is -4.11. The summed E-state index contributed by atoms with van der Waals surface area (Å²) in [5.41, 5.74) is 0. The van der Waals surface area contributed by atoms with E-state index in [0.29, 0.717) is 0 Å². The molecular formula is C12H6O18U. The van der Waals surface area contributed by atoms with Crippen LogP contribution in [-0.4, -0.2) is 73.5 Å². The molecule has 0 amide bonds.